The van der Waals surface area contributed by atoms with E-state index in [1.165, 1.54) is 0 Å². The molecular weight excluding hydrogens is 256 g/mol. The van der Waals surface area contributed by atoms with E-state index in [9.17, 15) is 4.79 Å². The molecule has 4 heteroatoms. The summed E-state index contributed by atoms with van der Waals surface area (Å²) in [4.78, 5) is 13.7. The molecule has 82 valence electrons. The van der Waals surface area contributed by atoms with Crippen molar-refractivity contribution in [1.82, 2.24) is 4.90 Å². The Morgan fingerprint density at radius 2 is 2.13 bits per heavy atom. The highest BCUT2D eigenvalue weighted by molar-refractivity contribution is 9.10. The minimum absolute atomic E-state index is 0.0135. The van der Waals surface area contributed by atoms with Crippen molar-refractivity contribution in [3.63, 3.8) is 0 Å². The summed E-state index contributed by atoms with van der Waals surface area (Å²) in [5, 5.41) is 0. The molecule has 0 fully saturated rings. The molecule has 0 saturated heterocycles. The maximum absolute atomic E-state index is 12.0. The Morgan fingerprint density at radius 1 is 1.53 bits per heavy atom. The second kappa shape index (κ2) is 5.28. The number of carbonyl (C=O) groups excluding carboxylic acids is 1. The Hall–Kier alpha value is -0.870. The van der Waals surface area contributed by atoms with Crippen LogP contribution in [0.25, 0.3) is 0 Å². The molecule has 3 nitrogen and oxygen atoms in total. The van der Waals surface area contributed by atoms with E-state index in [4.69, 9.17) is 5.73 Å². The molecule has 0 heterocycles. The second-order valence-electron chi connectivity index (χ2n) is 3.48. The van der Waals surface area contributed by atoms with E-state index in [-0.39, 0.29) is 11.9 Å². The number of likely N-dealkylation sites (N-methyl/N-ethyl adjacent to an activating group) is 1. The van der Waals surface area contributed by atoms with Crippen molar-refractivity contribution in [3.8, 4) is 0 Å². The molecule has 0 bridgehead atoms. The van der Waals surface area contributed by atoms with Crippen LogP contribution >= 0.6 is 15.9 Å². The topological polar surface area (TPSA) is 46.3 Å². The standard InChI is InChI=1S/C11H15BrN2O/c1-8(7-13)14(2)11(15)9-5-3-4-6-10(9)12/h3-6,8H,7,13H2,1-2H3/t8-/m0/s1. The molecule has 1 aromatic carbocycles. The van der Waals surface area contributed by atoms with Crippen molar-refractivity contribution in [2.24, 2.45) is 5.73 Å². The van der Waals surface area contributed by atoms with E-state index >= 15 is 0 Å². The van der Waals surface area contributed by atoms with Crippen molar-refractivity contribution in [2.45, 2.75) is 13.0 Å². The molecule has 1 amide bonds. The number of nitrogens with zero attached hydrogens (tertiary/aromatic N) is 1. The summed E-state index contributed by atoms with van der Waals surface area (Å²) in [6, 6.07) is 7.43. The molecule has 2 N–H and O–H groups in total. The maximum Gasteiger partial charge on any atom is 0.255 e. The Kier molecular flexibility index (Phi) is 4.29. The lowest BCUT2D eigenvalue weighted by molar-refractivity contribution is 0.0747. The highest BCUT2D eigenvalue weighted by Gasteiger charge is 2.17. The van der Waals surface area contributed by atoms with Gasteiger partial charge in [0.05, 0.1) is 5.56 Å². The summed E-state index contributed by atoms with van der Waals surface area (Å²) >= 11 is 3.36. The Labute approximate surface area is 98.4 Å². The van der Waals surface area contributed by atoms with E-state index in [1.807, 2.05) is 25.1 Å². The summed E-state index contributed by atoms with van der Waals surface area (Å²) in [5.74, 6) is -0.0135. The summed E-state index contributed by atoms with van der Waals surface area (Å²) in [7, 11) is 1.76. The second-order valence-corrected chi connectivity index (χ2v) is 4.33. The number of nitrogens with two attached hydrogens (primary N) is 1. The van der Waals surface area contributed by atoms with Gasteiger partial charge in [0.2, 0.25) is 0 Å². The summed E-state index contributed by atoms with van der Waals surface area (Å²) in [6.07, 6.45) is 0. The summed E-state index contributed by atoms with van der Waals surface area (Å²) in [6.45, 7) is 2.39. The zero-order valence-electron chi connectivity index (χ0n) is 8.90. The van der Waals surface area contributed by atoms with Crippen molar-refractivity contribution in [2.75, 3.05) is 13.6 Å². The Balaban J connectivity index is 2.90. The van der Waals surface area contributed by atoms with Gasteiger partial charge in [0, 0.05) is 24.1 Å². The third kappa shape index (κ3) is 2.79. The van der Waals surface area contributed by atoms with E-state index < -0.39 is 0 Å². The third-order valence-electron chi connectivity index (χ3n) is 2.43. The largest absolute Gasteiger partial charge is 0.338 e. The van der Waals surface area contributed by atoms with Crippen LogP contribution in [0.5, 0.6) is 0 Å². The number of amides is 1. The molecule has 1 rings (SSSR count). The molecule has 0 aliphatic heterocycles. The van der Waals surface area contributed by atoms with Gasteiger partial charge in [0.1, 0.15) is 0 Å². The Bertz CT molecular complexity index is 354. The predicted molar refractivity (Wildman–Crippen MR) is 64.8 cm³/mol. The fourth-order valence-electron chi connectivity index (χ4n) is 1.18. The number of hydrogen-bond donors (Lipinski definition) is 1. The molecule has 1 atom stereocenters. The average Bonchev–Trinajstić information content (AvgIpc) is 2.26. The molecule has 0 radical (unpaired) electrons. The average molecular weight is 271 g/mol. The first-order valence-corrected chi connectivity index (χ1v) is 5.59. The lowest BCUT2D eigenvalue weighted by Crippen LogP contribution is -2.39. The molecule has 1 aromatic rings. The summed E-state index contributed by atoms with van der Waals surface area (Å²) < 4.78 is 0.811. The van der Waals surface area contributed by atoms with E-state index in [0.29, 0.717) is 12.1 Å². The van der Waals surface area contributed by atoms with Gasteiger partial charge in [-0.3, -0.25) is 4.79 Å². The van der Waals surface area contributed by atoms with Crippen molar-refractivity contribution in [1.29, 1.82) is 0 Å². The van der Waals surface area contributed by atoms with Gasteiger partial charge in [-0.25, -0.2) is 0 Å². The molecule has 15 heavy (non-hydrogen) atoms. The molecule has 0 spiro atoms. The Morgan fingerprint density at radius 3 is 2.67 bits per heavy atom. The highest BCUT2D eigenvalue weighted by atomic mass is 79.9. The zero-order valence-corrected chi connectivity index (χ0v) is 10.5. The minimum Gasteiger partial charge on any atom is -0.338 e. The number of carbonyl (C=O) groups is 1. The highest BCUT2D eigenvalue weighted by Crippen LogP contribution is 2.17. The lowest BCUT2D eigenvalue weighted by atomic mass is 10.2. The number of benzene rings is 1. The maximum atomic E-state index is 12.0. The molecule has 0 saturated carbocycles. The molecular formula is C11H15BrN2O. The number of hydrogen-bond acceptors (Lipinski definition) is 2. The lowest BCUT2D eigenvalue weighted by Gasteiger charge is -2.24. The molecule has 0 unspecified atom stereocenters. The first kappa shape index (κ1) is 12.2. The van der Waals surface area contributed by atoms with Crippen LogP contribution in [0.4, 0.5) is 0 Å². The van der Waals surface area contributed by atoms with Crippen LogP contribution in [-0.4, -0.2) is 30.4 Å². The molecule has 0 aromatic heterocycles. The van der Waals surface area contributed by atoms with Crippen LogP contribution in [0.15, 0.2) is 28.7 Å². The zero-order chi connectivity index (χ0) is 11.4. The molecule has 0 aliphatic carbocycles. The van der Waals surface area contributed by atoms with Gasteiger partial charge in [0.25, 0.3) is 5.91 Å². The molecule has 0 aliphatic rings. The van der Waals surface area contributed by atoms with Crippen LogP contribution in [0.2, 0.25) is 0 Å². The first-order valence-electron chi connectivity index (χ1n) is 4.79. The van der Waals surface area contributed by atoms with E-state index in [0.717, 1.165) is 4.47 Å². The summed E-state index contributed by atoms with van der Waals surface area (Å²) in [5.41, 5.74) is 6.19. The van der Waals surface area contributed by atoms with Crippen LogP contribution in [0.1, 0.15) is 17.3 Å². The number of rotatable bonds is 3. The van der Waals surface area contributed by atoms with Crippen molar-refractivity contribution in [3.05, 3.63) is 34.3 Å². The van der Waals surface area contributed by atoms with Gasteiger partial charge in [-0.05, 0) is 35.0 Å². The van der Waals surface area contributed by atoms with Gasteiger partial charge in [-0.15, -0.1) is 0 Å². The third-order valence-corrected chi connectivity index (χ3v) is 3.12. The van der Waals surface area contributed by atoms with Crippen LogP contribution < -0.4 is 5.73 Å². The van der Waals surface area contributed by atoms with Gasteiger partial charge in [-0.1, -0.05) is 12.1 Å². The first-order chi connectivity index (χ1) is 7.07. The van der Waals surface area contributed by atoms with Crippen molar-refractivity contribution < 1.29 is 4.79 Å². The monoisotopic (exact) mass is 270 g/mol. The predicted octanol–water partition coefficient (Wildman–Crippen LogP) is 1.87. The van der Waals surface area contributed by atoms with Crippen molar-refractivity contribution >= 4 is 21.8 Å². The van der Waals surface area contributed by atoms with Crippen LogP contribution in [0.3, 0.4) is 0 Å². The fourth-order valence-corrected chi connectivity index (χ4v) is 1.64. The fraction of sp³-hybridized carbons (Fsp3) is 0.364. The smallest absolute Gasteiger partial charge is 0.255 e. The van der Waals surface area contributed by atoms with Gasteiger partial charge < -0.3 is 10.6 Å². The van der Waals surface area contributed by atoms with Crippen LogP contribution in [0, 0.1) is 0 Å². The normalized spacial score (nSPS) is 12.3. The number of halogens is 1. The minimum atomic E-state index is -0.0135. The van der Waals surface area contributed by atoms with E-state index in [1.54, 1.807) is 18.0 Å². The van der Waals surface area contributed by atoms with Gasteiger partial charge in [0.15, 0.2) is 0 Å². The SMILES string of the molecule is C[C@@H](CN)N(C)C(=O)c1ccccc1Br. The van der Waals surface area contributed by atoms with Gasteiger partial charge >= 0.3 is 0 Å². The van der Waals surface area contributed by atoms with E-state index in [2.05, 4.69) is 15.9 Å². The van der Waals surface area contributed by atoms with Gasteiger partial charge in [-0.2, -0.15) is 0 Å². The quantitative estimate of drug-likeness (QED) is 0.912. The van der Waals surface area contributed by atoms with Crippen LogP contribution in [-0.2, 0) is 0 Å².